The molecule has 352 valence electrons. The highest BCUT2D eigenvalue weighted by atomic mass is 19.1. The highest BCUT2D eigenvalue weighted by Crippen LogP contribution is 2.41. The Morgan fingerprint density at radius 2 is 1.52 bits per heavy atom. The van der Waals surface area contributed by atoms with E-state index in [2.05, 4.69) is 21.3 Å². The van der Waals surface area contributed by atoms with Crippen LogP contribution in [-0.4, -0.2) is 104 Å². The largest absolute Gasteiger partial charge is 0.481 e. The van der Waals surface area contributed by atoms with Gasteiger partial charge in [-0.2, -0.15) is 0 Å². The lowest BCUT2D eigenvalue weighted by Crippen LogP contribution is -2.58. The minimum absolute atomic E-state index is 0.00990. The number of carboxylic acids is 2. The van der Waals surface area contributed by atoms with Crippen molar-refractivity contribution < 1.29 is 52.9 Å². The predicted molar refractivity (Wildman–Crippen MR) is 238 cm³/mol. The molecule has 7 N–H and O–H groups in total. The molecular formula is C47H66F2N6O9. The number of aromatic nitrogens is 1. The molecule has 1 heterocycles. The molecule has 0 aliphatic rings. The van der Waals surface area contributed by atoms with E-state index in [9.17, 15) is 48.5 Å². The van der Waals surface area contributed by atoms with Crippen molar-refractivity contribution in [3.8, 4) is 11.1 Å². The lowest BCUT2D eigenvalue weighted by Gasteiger charge is -2.41. The van der Waals surface area contributed by atoms with Gasteiger partial charge in [-0.15, -0.1) is 0 Å². The number of hydrogen-bond donors (Lipinski definition) is 7. The van der Waals surface area contributed by atoms with Crippen LogP contribution in [0.5, 0.6) is 0 Å². The van der Waals surface area contributed by atoms with Crippen molar-refractivity contribution in [1.29, 1.82) is 0 Å². The van der Waals surface area contributed by atoms with Crippen molar-refractivity contribution >= 4 is 35.6 Å². The van der Waals surface area contributed by atoms with Gasteiger partial charge in [-0.1, -0.05) is 85.2 Å². The fraction of sp³-hybridized carbons (Fsp3) is 0.532. The molecule has 0 radical (unpaired) electrons. The third-order valence-electron chi connectivity index (χ3n) is 11.7. The van der Waals surface area contributed by atoms with Gasteiger partial charge in [0.15, 0.2) is 0 Å². The first-order valence-electron chi connectivity index (χ1n) is 21.6. The second-order valence-corrected chi connectivity index (χ2v) is 18.1. The molecule has 4 amide bonds. The number of nitrogens with one attached hydrogen (secondary N) is 4. The first-order valence-corrected chi connectivity index (χ1v) is 21.6. The van der Waals surface area contributed by atoms with Crippen LogP contribution < -0.4 is 21.3 Å². The molecular weight excluding hydrogens is 831 g/mol. The van der Waals surface area contributed by atoms with Gasteiger partial charge < -0.3 is 46.1 Å². The first kappa shape index (κ1) is 52.7. The van der Waals surface area contributed by atoms with E-state index in [1.165, 1.54) is 11.8 Å². The van der Waals surface area contributed by atoms with Crippen LogP contribution in [0.4, 0.5) is 8.78 Å². The lowest BCUT2D eigenvalue weighted by molar-refractivity contribution is -0.144. The maximum atomic E-state index is 15.2. The third kappa shape index (κ3) is 14.7. The number of carbonyl (C=O) groups is 6. The number of rotatable bonds is 24. The molecule has 3 aromatic rings. The van der Waals surface area contributed by atoms with Crippen LogP contribution in [0, 0.1) is 28.9 Å². The summed E-state index contributed by atoms with van der Waals surface area (Å²) in [4.78, 5) is 78.9. The Balaban J connectivity index is 1.84. The van der Waals surface area contributed by atoms with Crippen molar-refractivity contribution in [2.24, 2.45) is 17.3 Å². The lowest BCUT2D eigenvalue weighted by atomic mass is 9.81. The summed E-state index contributed by atoms with van der Waals surface area (Å²) in [5, 5.41) is 40.5. The number of amides is 4. The van der Waals surface area contributed by atoms with E-state index >= 15 is 4.39 Å². The summed E-state index contributed by atoms with van der Waals surface area (Å²) in [6.07, 6.45) is 2.23. The minimum Gasteiger partial charge on any atom is -0.481 e. The zero-order valence-corrected chi connectivity index (χ0v) is 38.3. The zero-order valence-electron chi connectivity index (χ0n) is 38.3. The molecule has 2 aromatic carbocycles. The molecule has 3 unspecified atom stereocenters. The van der Waals surface area contributed by atoms with Crippen molar-refractivity contribution in [2.75, 3.05) is 19.7 Å². The van der Waals surface area contributed by atoms with Crippen LogP contribution >= 0.6 is 0 Å². The van der Waals surface area contributed by atoms with Gasteiger partial charge in [0, 0.05) is 48.1 Å². The number of aliphatic carboxylic acids is 2. The van der Waals surface area contributed by atoms with Gasteiger partial charge in [-0.25, -0.2) is 13.6 Å². The standard InChI is InChI=1S/C47H66F2N6O9/c1-10-29(4)47(9,20-18-40(59)60)50-24-38(57)53-41(28(2)3)44(62)51-30(5)43(61)52-36(45(63)64)19-21-55(39(58)27-56)42(46(6,7)8)37-22-32(34-23-33(48)16-17-35(34)49)26-54(37)25-31-14-12-11-13-15-31/h11-17,22-23,26,28-30,36,41-42,50,56H,10,18-21,24-25,27H2,1-9H3,(H,51,62)(H,52,61)(H,53,57)(H,59,60)(H,63,64)/t29?,30-,36-,41?,42-,47?/m0/s1. The summed E-state index contributed by atoms with van der Waals surface area (Å²) in [5.74, 6) is -6.94. The Kier molecular flexibility index (Phi) is 19.2. The minimum atomic E-state index is -1.57. The van der Waals surface area contributed by atoms with Gasteiger partial charge in [0.1, 0.15) is 36.4 Å². The number of benzene rings is 2. The first-order chi connectivity index (χ1) is 29.9. The van der Waals surface area contributed by atoms with Crippen LogP contribution in [0.1, 0.15) is 105 Å². The second kappa shape index (κ2) is 23.3. The summed E-state index contributed by atoms with van der Waals surface area (Å²) in [7, 11) is 0. The van der Waals surface area contributed by atoms with Gasteiger partial charge in [0.2, 0.25) is 23.6 Å². The number of carboxylic acid groups (broad SMARTS) is 2. The smallest absolute Gasteiger partial charge is 0.326 e. The average Bonchev–Trinajstić information content (AvgIpc) is 3.63. The van der Waals surface area contributed by atoms with Gasteiger partial charge in [0.25, 0.3) is 0 Å². The molecule has 0 aliphatic carbocycles. The Labute approximate surface area is 374 Å². The molecule has 0 saturated carbocycles. The zero-order chi connectivity index (χ0) is 48.1. The van der Waals surface area contributed by atoms with E-state index in [1.807, 2.05) is 71.9 Å². The third-order valence-corrected chi connectivity index (χ3v) is 11.7. The number of carbonyl (C=O) groups excluding carboxylic acids is 4. The van der Waals surface area contributed by atoms with Crippen LogP contribution in [0.2, 0.25) is 0 Å². The average molecular weight is 897 g/mol. The van der Waals surface area contributed by atoms with E-state index in [1.54, 1.807) is 30.7 Å². The molecule has 3 rings (SSSR count). The van der Waals surface area contributed by atoms with Crippen LogP contribution in [0.3, 0.4) is 0 Å². The Morgan fingerprint density at radius 1 is 0.859 bits per heavy atom. The van der Waals surface area contributed by atoms with Crippen molar-refractivity contribution in [3.05, 3.63) is 83.7 Å². The molecule has 0 spiro atoms. The highest BCUT2D eigenvalue weighted by molar-refractivity contribution is 5.93. The highest BCUT2D eigenvalue weighted by Gasteiger charge is 2.38. The van der Waals surface area contributed by atoms with Gasteiger partial charge in [-0.05, 0) is 73.8 Å². The summed E-state index contributed by atoms with van der Waals surface area (Å²) < 4.78 is 31.4. The monoisotopic (exact) mass is 896 g/mol. The number of halogens is 2. The van der Waals surface area contributed by atoms with Gasteiger partial charge >= 0.3 is 11.9 Å². The Hall–Kier alpha value is -5.68. The van der Waals surface area contributed by atoms with Crippen LogP contribution in [-0.2, 0) is 35.3 Å². The fourth-order valence-corrected chi connectivity index (χ4v) is 7.66. The quantitative estimate of drug-likeness (QED) is 0.0619. The van der Waals surface area contributed by atoms with Crippen LogP contribution in [0.25, 0.3) is 11.1 Å². The van der Waals surface area contributed by atoms with E-state index in [0.717, 1.165) is 30.2 Å². The predicted octanol–water partition coefficient (Wildman–Crippen LogP) is 5.25. The molecule has 6 atom stereocenters. The van der Waals surface area contributed by atoms with Crippen molar-refractivity contribution in [1.82, 2.24) is 30.7 Å². The normalized spacial score (nSPS) is 15.0. The summed E-state index contributed by atoms with van der Waals surface area (Å²) in [5.41, 5.74) is 0.211. The maximum absolute atomic E-state index is 15.2. The van der Waals surface area contributed by atoms with Gasteiger partial charge in [-0.3, -0.25) is 24.0 Å². The number of nitrogens with zero attached hydrogens (tertiary/aromatic N) is 2. The Bertz CT molecular complexity index is 2090. The second-order valence-electron chi connectivity index (χ2n) is 18.1. The van der Waals surface area contributed by atoms with Crippen molar-refractivity contribution in [2.45, 2.75) is 124 Å². The molecule has 15 nitrogen and oxygen atoms in total. The molecule has 0 aliphatic heterocycles. The number of hydrogen-bond acceptors (Lipinski definition) is 8. The molecule has 0 fully saturated rings. The topological polar surface area (TPSA) is 219 Å². The van der Waals surface area contributed by atoms with E-state index in [0.29, 0.717) is 11.3 Å². The molecule has 1 aromatic heterocycles. The maximum Gasteiger partial charge on any atom is 0.326 e. The number of aliphatic hydroxyl groups is 1. The Morgan fingerprint density at radius 3 is 2.08 bits per heavy atom. The van der Waals surface area contributed by atoms with Crippen molar-refractivity contribution in [3.63, 3.8) is 0 Å². The molecule has 0 saturated heterocycles. The summed E-state index contributed by atoms with van der Waals surface area (Å²) >= 11 is 0. The van der Waals surface area contributed by atoms with Gasteiger partial charge in [0.05, 0.1) is 12.6 Å². The molecule has 0 bridgehead atoms. The summed E-state index contributed by atoms with van der Waals surface area (Å²) in [6, 6.07) is 9.27. The SMILES string of the molecule is CCC(C)C(C)(CCC(=O)O)NCC(=O)NC(C(=O)N[C@@H](C)C(=O)N[C@@H](CCN(C(=O)CO)[C@@H](c1cc(-c2cc(F)ccc2F)cn1Cc1ccccc1)C(C)(C)C)C(=O)O)C(C)C. The molecule has 17 heteroatoms. The summed E-state index contributed by atoms with van der Waals surface area (Å²) in [6.45, 7) is 14.9. The molecule has 64 heavy (non-hydrogen) atoms. The fourth-order valence-electron chi connectivity index (χ4n) is 7.66. The van der Waals surface area contributed by atoms with E-state index < -0.39 is 94.8 Å². The van der Waals surface area contributed by atoms with E-state index in [-0.39, 0.29) is 50.4 Å². The van der Waals surface area contributed by atoms with E-state index in [4.69, 9.17) is 0 Å². The number of aliphatic hydroxyl groups excluding tert-OH is 1. The van der Waals surface area contributed by atoms with Crippen LogP contribution in [0.15, 0.2) is 60.8 Å².